The summed E-state index contributed by atoms with van der Waals surface area (Å²) in [6.45, 7) is 5.86. The molecule has 1 N–H and O–H groups in total. The van der Waals surface area contributed by atoms with Gasteiger partial charge in [-0.3, -0.25) is 4.79 Å². The Morgan fingerprint density at radius 2 is 1.86 bits per heavy atom. The van der Waals surface area contributed by atoms with Crippen molar-refractivity contribution in [3.63, 3.8) is 0 Å². The number of rotatable bonds is 8. The van der Waals surface area contributed by atoms with Gasteiger partial charge in [-0.05, 0) is 36.8 Å². The number of piperazine rings is 1. The van der Waals surface area contributed by atoms with Crippen molar-refractivity contribution >= 4 is 57.9 Å². The minimum Gasteiger partial charge on any atom is -0.383 e. The van der Waals surface area contributed by atoms with Gasteiger partial charge in [-0.25, -0.2) is 9.78 Å². The first-order chi connectivity index (χ1) is 17.9. The summed E-state index contributed by atoms with van der Waals surface area (Å²) in [5.41, 5.74) is 3.37. The van der Waals surface area contributed by atoms with Crippen molar-refractivity contribution in [2.24, 2.45) is 0 Å². The van der Waals surface area contributed by atoms with Gasteiger partial charge in [-0.15, -0.1) is 11.3 Å². The van der Waals surface area contributed by atoms with E-state index in [1.54, 1.807) is 35.6 Å². The normalized spacial score (nSPS) is 13.5. The van der Waals surface area contributed by atoms with Crippen LogP contribution in [0.5, 0.6) is 0 Å². The summed E-state index contributed by atoms with van der Waals surface area (Å²) >= 11 is 13.4. The first-order valence-electron chi connectivity index (χ1n) is 11.9. The molecule has 0 radical (unpaired) electrons. The Labute approximate surface area is 230 Å². The lowest BCUT2D eigenvalue weighted by Crippen LogP contribution is -2.49. The largest absolute Gasteiger partial charge is 0.383 e. The SMILES string of the molecule is COCCN(Cc1nc(C(=O)N2CCN(c3ccccc3C)CC2)cs1)C(=O)Nc1ccc(Cl)c(Cl)c1. The van der Waals surface area contributed by atoms with E-state index < -0.39 is 0 Å². The number of nitrogens with zero attached hydrogens (tertiary/aromatic N) is 4. The van der Waals surface area contributed by atoms with Crippen LogP contribution in [0.1, 0.15) is 21.1 Å². The summed E-state index contributed by atoms with van der Waals surface area (Å²) in [5, 5.41) is 6.02. The number of nitrogens with one attached hydrogen (secondary N) is 1. The second kappa shape index (κ2) is 12.6. The summed E-state index contributed by atoms with van der Waals surface area (Å²) in [6.07, 6.45) is 0. The van der Waals surface area contributed by atoms with Gasteiger partial charge in [-0.1, -0.05) is 41.4 Å². The molecule has 2 aromatic carbocycles. The molecule has 4 rings (SSSR count). The highest BCUT2D eigenvalue weighted by atomic mass is 35.5. The molecular weight excluding hydrogens is 533 g/mol. The number of anilines is 2. The molecule has 196 valence electrons. The van der Waals surface area contributed by atoms with E-state index in [1.165, 1.54) is 22.6 Å². The number of thiazole rings is 1. The molecule has 37 heavy (non-hydrogen) atoms. The standard InChI is InChI=1S/C26H29Cl2N5O3S/c1-18-5-3-4-6-23(18)31-9-11-32(12-10-31)25(34)22-17-37-24(30-22)16-33(13-14-36-2)26(35)29-19-7-8-20(27)21(28)15-19/h3-8,15,17H,9-14,16H2,1-2H3,(H,29,35). The maximum Gasteiger partial charge on any atom is 0.322 e. The summed E-state index contributed by atoms with van der Waals surface area (Å²) in [7, 11) is 1.58. The van der Waals surface area contributed by atoms with Crippen molar-refractivity contribution in [1.82, 2.24) is 14.8 Å². The van der Waals surface area contributed by atoms with Crippen molar-refractivity contribution in [3.05, 3.63) is 74.2 Å². The summed E-state index contributed by atoms with van der Waals surface area (Å²) in [5.74, 6) is -0.0874. The second-order valence-corrected chi connectivity index (χ2v) is 10.4. The average molecular weight is 563 g/mol. The van der Waals surface area contributed by atoms with Crippen LogP contribution in [0.15, 0.2) is 47.8 Å². The number of methoxy groups -OCH3 is 1. The third kappa shape index (κ3) is 6.93. The number of carbonyl (C=O) groups is 2. The molecule has 8 nitrogen and oxygen atoms in total. The van der Waals surface area contributed by atoms with Crippen LogP contribution in [0.4, 0.5) is 16.2 Å². The monoisotopic (exact) mass is 561 g/mol. The zero-order valence-electron chi connectivity index (χ0n) is 20.7. The Morgan fingerprint density at radius 3 is 2.57 bits per heavy atom. The molecule has 1 fully saturated rings. The van der Waals surface area contributed by atoms with Crippen molar-refractivity contribution in [2.45, 2.75) is 13.5 Å². The Morgan fingerprint density at radius 1 is 1.11 bits per heavy atom. The number of urea groups is 1. The van der Waals surface area contributed by atoms with Crippen molar-refractivity contribution in [1.29, 1.82) is 0 Å². The quantitative estimate of drug-likeness (QED) is 0.398. The Balaban J connectivity index is 1.37. The fourth-order valence-corrected chi connectivity index (χ4v) is 5.19. The predicted octanol–water partition coefficient (Wildman–Crippen LogP) is 5.40. The molecule has 1 aromatic heterocycles. The van der Waals surface area contributed by atoms with Gasteiger partial charge in [0.25, 0.3) is 5.91 Å². The lowest BCUT2D eigenvalue weighted by molar-refractivity contribution is 0.0741. The zero-order valence-corrected chi connectivity index (χ0v) is 23.1. The van der Waals surface area contributed by atoms with Crippen LogP contribution >= 0.6 is 34.5 Å². The van der Waals surface area contributed by atoms with E-state index in [-0.39, 0.29) is 18.5 Å². The Bertz CT molecular complexity index is 1250. The molecule has 3 aromatic rings. The third-order valence-electron chi connectivity index (χ3n) is 6.14. The van der Waals surface area contributed by atoms with Gasteiger partial charge in [0.2, 0.25) is 0 Å². The second-order valence-electron chi connectivity index (χ2n) is 8.67. The number of amides is 3. The number of aromatic nitrogens is 1. The molecule has 1 aliphatic rings. The molecule has 0 unspecified atom stereocenters. The number of hydrogen-bond acceptors (Lipinski definition) is 6. The van der Waals surface area contributed by atoms with E-state index in [4.69, 9.17) is 27.9 Å². The molecule has 3 amide bonds. The van der Waals surface area contributed by atoms with Gasteiger partial charge in [0, 0.05) is 56.6 Å². The van der Waals surface area contributed by atoms with Crippen LogP contribution in [0.25, 0.3) is 0 Å². The summed E-state index contributed by atoms with van der Waals surface area (Å²) in [6, 6.07) is 12.9. The lowest BCUT2D eigenvalue weighted by atomic mass is 10.1. The predicted molar refractivity (Wildman–Crippen MR) is 149 cm³/mol. The molecule has 0 atom stereocenters. The van der Waals surface area contributed by atoms with E-state index in [0.717, 1.165) is 13.1 Å². The Hall–Kier alpha value is -2.85. The first-order valence-corrected chi connectivity index (χ1v) is 13.5. The molecule has 1 aliphatic heterocycles. The van der Waals surface area contributed by atoms with Crippen LogP contribution in [-0.4, -0.2) is 73.2 Å². The van der Waals surface area contributed by atoms with Gasteiger partial charge in [0.05, 0.1) is 23.2 Å². The minimum absolute atomic E-state index is 0.0874. The van der Waals surface area contributed by atoms with E-state index in [2.05, 4.69) is 34.3 Å². The van der Waals surface area contributed by atoms with E-state index in [1.807, 2.05) is 17.0 Å². The van der Waals surface area contributed by atoms with Crippen LogP contribution in [0, 0.1) is 6.92 Å². The van der Waals surface area contributed by atoms with Gasteiger partial charge < -0.3 is 24.8 Å². The first kappa shape index (κ1) is 27.2. The lowest BCUT2D eigenvalue weighted by Gasteiger charge is -2.36. The molecule has 0 aliphatic carbocycles. The van der Waals surface area contributed by atoms with E-state index >= 15 is 0 Å². The van der Waals surface area contributed by atoms with Gasteiger partial charge in [0.1, 0.15) is 10.7 Å². The number of aryl methyl sites for hydroxylation is 1. The summed E-state index contributed by atoms with van der Waals surface area (Å²) < 4.78 is 5.17. The number of ether oxygens (including phenoxy) is 1. The topological polar surface area (TPSA) is 78.0 Å². The van der Waals surface area contributed by atoms with Crippen molar-refractivity contribution in [2.75, 3.05) is 56.7 Å². The number of halogens is 2. The number of para-hydroxylation sites is 1. The maximum absolute atomic E-state index is 13.1. The van der Waals surface area contributed by atoms with Gasteiger partial charge >= 0.3 is 6.03 Å². The minimum atomic E-state index is -0.328. The van der Waals surface area contributed by atoms with Gasteiger partial charge in [-0.2, -0.15) is 0 Å². The number of carbonyl (C=O) groups excluding carboxylic acids is 2. The maximum atomic E-state index is 13.1. The molecule has 0 saturated carbocycles. The third-order valence-corrected chi connectivity index (χ3v) is 7.72. The smallest absolute Gasteiger partial charge is 0.322 e. The number of hydrogen-bond donors (Lipinski definition) is 1. The Kier molecular flexibility index (Phi) is 9.26. The van der Waals surface area contributed by atoms with Crippen LogP contribution in [-0.2, 0) is 11.3 Å². The fraction of sp³-hybridized carbons (Fsp3) is 0.346. The number of benzene rings is 2. The van der Waals surface area contributed by atoms with Crippen LogP contribution in [0.2, 0.25) is 10.0 Å². The molecule has 2 heterocycles. The zero-order chi connectivity index (χ0) is 26.4. The molecule has 0 spiro atoms. The molecular formula is C26H29Cl2N5O3S. The highest BCUT2D eigenvalue weighted by molar-refractivity contribution is 7.09. The molecule has 1 saturated heterocycles. The summed E-state index contributed by atoms with van der Waals surface area (Å²) in [4.78, 5) is 36.4. The van der Waals surface area contributed by atoms with Crippen molar-refractivity contribution < 1.29 is 14.3 Å². The highest BCUT2D eigenvalue weighted by Gasteiger charge is 2.25. The molecule has 0 bridgehead atoms. The van der Waals surface area contributed by atoms with Crippen LogP contribution in [0.3, 0.4) is 0 Å². The fourth-order valence-electron chi connectivity index (χ4n) is 4.11. The van der Waals surface area contributed by atoms with E-state index in [0.29, 0.717) is 52.7 Å². The van der Waals surface area contributed by atoms with Crippen LogP contribution < -0.4 is 10.2 Å². The van der Waals surface area contributed by atoms with Gasteiger partial charge in [0.15, 0.2) is 0 Å². The average Bonchev–Trinajstić information content (AvgIpc) is 3.37. The van der Waals surface area contributed by atoms with Crippen molar-refractivity contribution in [3.8, 4) is 0 Å². The van der Waals surface area contributed by atoms with E-state index in [9.17, 15) is 9.59 Å². The highest BCUT2D eigenvalue weighted by Crippen LogP contribution is 2.26. The molecule has 11 heteroatoms.